The van der Waals surface area contributed by atoms with Crippen LogP contribution in [0.25, 0.3) is 0 Å². The minimum atomic E-state index is -4.49. The Morgan fingerprint density at radius 2 is 1.75 bits per heavy atom. The van der Waals surface area contributed by atoms with Gasteiger partial charge in [-0.25, -0.2) is 4.98 Å². The lowest BCUT2D eigenvalue weighted by molar-refractivity contribution is -0.137. The number of anilines is 1. The summed E-state index contributed by atoms with van der Waals surface area (Å²) in [5.41, 5.74) is -0.00455. The predicted octanol–water partition coefficient (Wildman–Crippen LogP) is 3.32. The topological polar surface area (TPSA) is 72.5 Å². The second-order valence-corrected chi connectivity index (χ2v) is 8.42. The van der Waals surface area contributed by atoms with Crippen molar-refractivity contribution in [3.05, 3.63) is 46.4 Å². The second kappa shape index (κ2) is 9.11. The molecule has 2 aromatic rings. The number of hydrogen-bond acceptors (Lipinski definition) is 5. The molecular formula is C21H23ClF3N5O2. The van der Waals surface area contributed by atoms with Gasteiger partial charge in [0.25, 0.3) is 5.91 Å². The smallest absolute Gasteiger partial charge is 0.356 e. The third kappa shape index (κ3) is 4.91. The van der Waals surface area contributed by atoms with Crippen molar-refractivity contribution in [2.45, 2.75) is 19.0 Å². The molecule has 0 radical (unpaired) electrons. The number of halogens is 4. The quantitative estimate of drug-likeness (QED) is 0.680. The van der Waals surface area contributed by atoms with Crippen molar-refractivity contribution in [1.82, 2.24) is 19.8 Å². The highest BCUT2D eigenvalue weighted by molar-refractivity contribution is 6.33. The van der Waals surface area contributed by atoms with Crippen LogP contribution in [-0.4, -0.2) is 77.3 Å². The molecule has 0 aliphatic carbocycles. The first-order valence-corrected chi connectivity index (χ1v) is 10.8. The minimum absolute atomic E-state index is 0.0492. The van der Waals surface area contributed by atoms with Crippen molar-refractivity contribution < 1.29 is 22.8 Å². The van der Waals surface area contributed by atoms with Crippen molar-refractivity contribution in [3.8, 4) is 0 Å². The minimum Gasteiger partial charge on any atom is -0.356 e. The van der Waals surface area contributed by atoms with Crippen LogP contribution in [0.2, 0.25) is 5.02 Å². The van der Waals surface area contributed by atoms with E-state index in [0.29, 0.717) is 43.3 Å². The van der Waals surface area contributed by atoms with Crippen molar-refractivity contribution in [2.75, 3.05) is 50.7 Å². The zero-order valence-electron chi connectivity index (χ0n) is 17.3. The molecule has 2 fully saturated rings. The van der Waals surface area contributed by atoms with Crippen LogP contribution in [0.1, 0.15) is 39.3 Å². The van der Waals surface area contributed by atoms with Gasteiger partial charge < -0.3 is 14.8 Å². The number of amides is 1. The highest BCUT2D eigenvalue weighted by Crippen LogP contribution is 2.33. The molecule has 4 rings (SSSR count). The number of likely N-dealkylation sites (tertiary alicyclic amines) is 1. The molecule has 1 amide bonds. The Balaban J connectivity index is 1.31. The summed E-state index contributed by atoms with van der Waals surface area (Å²) in [6, 6.07) is 2.48. The number of carbonyl (C=O) groups is 2. The van der Waals surface area contributed by atoms with E-state index >= 15 is 0 Å². The maximum absolute atomic E-state index is 12.8. The number of aromatic nitrogens is 2. The van der Waals surface area contributed by atoms with Gasteiger partial charge in [0.1, 0.15) is 11.5 Å². The van der Waals surface area contributed by atoms with Crippen LogP contribution >= 0.6 is 11.6 Å². The maximum atomic E-state index is 12.8. The van der Waals surface area contributed by atoms with Gasteiger partial charge >= 0.3 is 6.18 Å². The van der Waals surface area contributed by atoms with Crippen LogP contribution in [0, 0.1) is 0 Å². The number of pyridine rings is 1. The maximum Gasteiger partial charge on any atom is 0.417 e. The largest absolute Gasteiger partial charge is 0.417 e. The molecule has 0 spiro atoms. The number of aromatic amines is 1. The van der Waals surface area contributed by atoms with Crippen LogP contribution in [0.15, 0.2) is 24.5 Å². The van der Waals surface area contributed by atoms with E-state index in [-0.39, 0.29) is 23.3 Å². The van der Waals surface area contributed by atoms with E-state index in [1.807, 2.05) is 9.80 Å². The van der Waals surface area contributed by atoms with Gasteiger partial charge in [0.15, 0.2) is 5.78 Å². The van der Waals surface area contributed by atoms with Gasteiger partial charge in [0.2, 0.25) is 0 Å². The average Bonchev–Trinajstić information content (AvgIpc) is 3.46. The first-order chi connectivity index (χ1) is 15.2. The molecule has 0 bridgehead atoms. The lowest BCUT2D eigenvalue weighted by Crippen LogP contribution is -2.48. The fraction of sp³-hybridized carbons (Fsp3) is 0.476. The predicted molar refractivity (Wildman–Crippen MR) is 113 cm³/mol. The summed E-state index contributed by atoms with van der Waals surface area (Å²) in [4.78, 5) is 37.5. The number of alkyl halides is 3. The Hall–Kier alpha value is -2.59. The molecule has 2 aromatic heterocycles. The average molecular weight is 470 g/mol. The summed E-state index contributed by atoms with van der Waals surface area (Å²) in [5, 5.41) is -0.0492. The molecule has 11 heteroatoms. The van der Waals surface area contributed by atoms with Gasteiger partial charge in [-0.1, -0.05) is 11.6 Å². The number of carbonyl (C=O) groups excluding carboxylic acids is 2. The highest BCUT2D eigenvalue weighted by atomic mass is 35.5. The monoisotopic (exact) mass is 469 g/mol. The van der Waals surface area contributed by atoms with Gasteiger partial charge in [-0.3, -0.25) is 14.5 Å². The van der Waals surface area contributed by atoms with E-state index in [4.69, 9.17) is 11.6 Å². The molecule has 32 heavy (non-hydrogen) atoms. The van der Waals surface area contributed by atoms with Crippen molar-refractivity contribution in [3.63, 3.8) is 0 Å². The molecule has 1 N–H and O–H groups in total. The number of Topliss-reactive ketones (excluding diaryl/α,β-unsaturated/α-hetero) is 1. The normalized spacial score (nSPS) is 17.8. The summed E-state index contributed by atoms with van der Waals surface area (Å²) >= 11 is 6.04. The van der Waals surface area contributed by atoms with E-state index < -0.39 is 11.7 Å². The first-order valence-electron chi connectivity index (χ1n) is 10.4. The summed E-state index contributed by atoms with van der Waals surface area (Å²) in [6.45, 7) is 3.71. The van der Waals surface area contributed by atoms with Crippen LogP contribution < -0.4 is 4.90 Å². The number of rotatable bonds is 5. The lowest BCUT2D eigenvalue weighted by atomic mass is 10.2. The number of hydrogen-bond donors (Lipinski definition) is 1. The lowest BCUT2D eigenvalue weighted by Gasteiger charge is -2.35. The van der Waals surface area contributed by atoms with E-state index in [0.717, 1.165) is 38.2 Å². The molecule has 172 valence electrons. The Morgan fingerprint density at radius 1 is 1.06 bits per heavy atom. The van der Waals surface area contributed by atoms with Crippen molar-refractivity contribution in [2.24, 2.45) is 0 Å². The van der Waals surface area contributed by atoms with Gasteiger partial charge in [0.05, 0.1) is 17.1 Å². The summed E-state index contributed by atoms with van der Waals surface area (Å²) in [5.74, 6) is 0.123. The van der Waals surface area contributed by atoms with Crippen LogP contribution in [0.4, 0.5) is 19.0 Å². The number of piperazine rings is 1. The summed E-state index contributed by atoms with van der Waals surface area (Å²) in [7, 11) is 0. The molecule has 2 aliphatic rings. The molecule has 4 heterocycles. The van der Waals surface area contributed by atoms with E-state index in [2.05, 4.69) is 9.97 Å². The number of nitrogens with zero attached hydrogens (tertiary/aromatic N) is 4. The molecule has 0 atom stereocenters. The molecule has 2 saturated heterocycles. The van der Waals surface area contributed by atoms with Crippen LogP contribution in [0.3, 0.4) is 0 Å². The van der Waals surface area contributed by atoms with Gasteiger partial charge in [0, 0.05) is 57.2 Å². The number of nitrogens with one attached hydrogen (secondary N) is 1. The molecule has 0 aromatic carbocycles. The van der Waals surface area contributed by atoms with Gasteiger partial charge in [-0.05, 0) is 25.0 Å². The zero-order chi connectivity index (χ0) is 22.9. The molecule has 7 nitrogen and oxygen atoms in total. The van der Waals surface area contributed by atoms with Crippen molar-refractivity contribution in [1.29, 1.82) is 0 Å². The Morgan fingerprint density at radius 3 is 2.38 bits per heavy atom. The van der Waals surface area contributed by atoms with E-state index in [1.165, 1.54) is 0 Å². The number of ketones is 1. The molecular weight excluding hydrogens is 447 g/mol. The second-order valence-electron chi connectivity index (χ2n) is 8.01. The standard InChI is InChI=1S/C21H23ClF3N5O2/c22-16-10-15(21(23,24)25)12-27-19(16)29-7-5-28(6-8-29)13-18(31)14-9-17(26-11-14)20(32)30-3-1-2-4-30/h9-12,26H,1-8,13H2. The third-order valence-corrected chi connectivity index (χ3v) is 6.09. The van der Waals surface area contributed by atoms with E-state index in [1.54, 1.807) is 17.2 Å². The van der Waals surface area contributed by atoms with Crippen LogP contribution in [-0.2, 0) is 6.18 Å². The van der Waals surface area contributed by atoms with Gasteiger partial charge in [-0.2, -0.15) is 13.2 Å². The Kier molecular flexibility index (Phi) is 6.43. The Bertz CT molecular complexity index is 996. The molecule has 0 saturated carbocycles. The SMILES string of the molecule is O=C(CN1CCN(c2ncc(C(F)(F)F)cc2Cl)CC1)c1c[nH]c(C(=O)N2CCCC2)c1. The highest BCUT2D eigenvalue weighted by Gasteiger charge is 2.32. The third-order valence-electron chi connectivity index (χ3n) is 5.82. The summed E-state index contributed by atoms with van der Waals surface area (Å²) < 4.78 is 38.4. The zero-order valence-corrected chi connectivity index (χ0v) is 18.0. The fourth-order valence-electron chi connectivity index (χ4n) is 4.00. The molecule has 2 aliphatic heterocycles. The molecule has 0 unspecified atom stereocenters. The van der Waals surface area contributed by atoms with E-state index in [9.17, 15) is 22.8 Å². The first kappa shape index (κ1) is 22.6. The summed E-state index contributed by atoms with van der Waals surface area (Å²) in [6.07, 6.45) is -0.155. The van der Waals surface area contributed by atoms with Crippen molar-refractivity contribution >= 4 is 29.1 Å². The number of H-pyrrole nitrogens is 1. The van der Waals surface area contributed by atoms with Gasteiger partial charge in [-0.15, -0.1) is 0 Å². The Labute approximate surface area is 188 Å². The fourth-order valence-corrected chi connectivity index (χ4v) is 4.29. The van der Waals surface area contributed by atoms with Crippen LogP contribution in [0.5, 0.6) is 0 Å².